The van der Waals surface area contributed by atoms with Crippen molar-refractivity contribution in [1.82, 2.24) is 10.6 Å². The second kappa shape index (κ2) is 7.10. The van der Waals surface area contributed by atoms with Crippen LogP contribution in [0, 0.1) is 5.92 Å². The van der Waals surface area contributed by atoms with Gasteiger partial charge in [-0.2, -0.15) is 0 Å². The molecule has 2 unspecified atom stereocenters. The van der Waals surface area contributed by atoms with Crippen molar-refractivity contribution in [1.29, 1.82) is 0 Å². The Morgan fingerprint density at radius 3 is 2.78 bits per heavy atom. The summed E-state index contributed by atoms with van der Waals surface area (Å²) in [5.41, 5.74) is 0. The first-order valence-corrected chi connectivity index (χ1v) is 7.42. The van der Waals surface area contributed by atoms with E-state index in [4.69, 9.17) is 4.74 Å². The van der Waals surface area contributed by atoms with Crippen molar-refractivity contribution >= 4 is 5.91 Å². The van der Waals surface area contributed by atoms with E-state index in [2.05, 4.69) is 17.6 Å². The van der Waals surface area contributed by atoms with Crippen molar-refractivity contribution in [2.45, 2.75) is 57.5 Å². The lowest BCUT2D eigenvalue weighted by molar-refractivity contribution is -0.127. The number of hydrogen-bond donors (Lipinski definition) is 2. The van der Waals surface area contributed by atoms with Crippen molar-refractivity contribution in [2.75, 3.05) is 19.8 Å². The number of nitrogens with one attached hydrogen (secondary N) is 2. The molecule has 0 bridgehead atoms. The van der Waals surface area contributed by atoms with Crippen LogP contribution < -0.4 is 10.6 Å². The van der Waals surface area contributed by atoms with Crippen molar-refractivity contribution in [3.63, 3.8) is 0 Å². The average Bonchev–Trinajstić information content (AvgIpc) is 2.46. The quantitative estimate of drug-likeness (QED) is 0.798. The van der Waals surface area contributed by atoms with Gasteiger partial charge in [-0.1, -0.05) is 26.2 Å². The van der Waals surface area contributed by atoms with E-state index in [9.17, 15) is 4.79 Å². The maximum absolute atomic E-state index is 12.2. The first-order valence-electron chi connectivity index (χ1n) is 7.42. The number of carbonyl (C=O) groups is 1. The van der Waals surface area contributed by atoms with E-state index in [0.717, 1.165) is 13.0 Å². The summed E-state index contributed by atoms with van der Waals surface area (Å²) in [6.07, 6.45) is 7.58. The van der Waals surface area contributed by atoms with Crippen LogP contribution in [0.4, 0.5) is 0 Å². The van der Waals surface area contributed by atoms with Crippen LogP contribution in [-0.2, 0) is 9.53 Å². The molecular weight excluding hydrogens is 228 g/mol. The maximum atomic E-state index is 12.2. The topological polar surface area (TPSA) is 50.4 Å². The molecule has 0 aromatic carbocycles. The van der Waals surface area contributed by atoms with Crippen LogP contribution in [0.15, 0.2) is 0 Å². The van der Waals surface area contributed by atoms with Gasteiger partial charge in [0.25, 0.3) is 0 Å². The Hall–Kier alpha value is -0.610. The van der Waals surface area contributed by atoms with E-state index in [0.29, 0.717) is 25.2 Å². The van der Waals surface area contributed by atoms with Crippen molar-refractivity contribution in [3.8, 4) is 0 Å². The number of morpholine rings is 1. The highest BCUT2D eigenvalue weighted by molar-refractivity contribution is 5.82. The highest BCUT2D eigenvalue weighted by atomic mass is 16.5. The largest absolute Gasteiger partial charge is 0.378 e. The number of hydrogen-bond acceptors (Lipinski definition) is 3. The minimum absolute atomic E-state index is 0.118. The molecule has 1 heterocycles. The van der Waals surface area contributed by atoms with Crippen LogP contribution >= 0.6 is 0 Å². The second-order valence-electron chi connectivity index (χ2n) is 5.50. The van der Waals surface area contributed by atoms with E-state index < -0.39 is 0 Å². The first kappa shape index (κ1) is 13.8. The monoisotopic (exact) mass is 254 g/mol. The summed E-state index contributed by atoms with van der Waals surface area (Å²) in [4.78, 5) is 12.2. The minimum atomic E-state index is -0.156. The highest BCUT2D eigenvalue weighted by Crippen LogP contribution is 2.27. The molecule has 2 fully saturated rings. The summed E-state index contributed by atoms with van der Waals surface area (Å²) in [6, 6.07) is 0.193. The Labute approximate surface area is 110 Å². The molecule has 2 N–H and O–H groups in total. The van der Waals surface area contributed by atoms with Crippen LogP contribution in [0.5, 0.6) is 0 Å². The van der Waals surface area contributed by atoms with E-state index >= 15 is 0 Å². The zero-order valence-electron chi connectivity index (χ0n) is 11.4. The van der Waals surface area contributed by atoms with Gasteiger partial charge in [0.2, 0.25) is 5.91 Å². The van der Waals surface area contributed by atoms with Gasteiger partial charge in [-0.25, -0.2) is 0 Å². The Morgan fingerprint density at radius 2 is 2.17 bits per heavy atom. The molecule has 0 spiro atoms. The fourth-order valence-electron chi connectivity index (χ4n) is 3.11. The number of amides is 1. The van der Waals surface area contributed by atoms with Gasteiger partial charge in [-0.15, -0.1) is 0 Å². The van der Waals surface area contributed by atoms with Gasteiger partial charge >= 0.3 is 0 Å². The van der Waals surface area contributed by atoms with Crippen molar-refractivity contribution in [3.05, 3.63) is 0 Å². The van der Waals surface area contributed by atoms with Crippen molar-refractivity contribution in [2.24, 2.45) is 5.92 Å². The van der Waals surface area contributed by atoms with Crippen LogP contribution in [-0.4, -0.2) is 37.7 Å². The third-order valence-corrected chi connectivity index (χ3v) is 4.22. The molecule has 1 amide bonds. The smallest absolute Gasteiger partial charge is 0.239 e. The second-order valence-corrected chi connectivity index (χ2v) is 5.50. The molecule has 1 saturated carbocycles. The molecule has 4 heteroatoms. The highest BCUT2D eigenvalue weighted by Gasteiger charge is 2.27. The molecular formula is C14H26N2O2. The van der Waals surface area contributed by atoms with Gasteiger partial charge in [-0.3, -0.25) is 4.79 Å². The molecule has 2 rings (SSSR count). The Bertz CT molecular complexity index is 259. The fraction of sp³-hybridized carbons (Fsp3) is 0.929. The van der Waals surface area contributed by atoms with Crippen LogP contribution in [0.1, 0.15) is 45.4 Å². The zero-order chi connectivity index (χ0) is 12.8. The molecule has 18 heavy (non-hydrogen) atoms. The molecule has 1 aliphatic heterocycles. The van der Waals surface area contributed by atoms with Crippen LogP contribution in [0.25, 0.3) is 0 Å². The normalized spacial score (nSPS) is 27.7. The van der Waals surface area contributed by atoms with E-state index in [1.165, 1.54) is 32.1 Å². The summed E-state index contributed by atoms with van der Waals surface area (Å²) < 4.78 is 5.34. The van der Waals surface area contributed by atoms with Crippen LogP contribution in [0.3, 0.4) is 0 Å². The van der Waals surface area contributed by atoms with Gasteiger partial charge in [0.1, 0.15) is 6.04 Å². The third-order valence-electron chi connectivity index (χ3n) is 4.22. The molecule has 1 saturated heterocycles. The van der Waals surface area contributed by atoms with Crippen molar-refractivity contribution < 1.29 is 9.53 Å². The molecule has 0 aromatic rings. The first-order chi connectivity index (χ1) is 8.81. The molecule has 0 radical (unpaired) electrons. The number of rotatable bonds is 4. The summed E-state index contributed by atoms with van der Waals surface area (Å²) in [6.45, 7) is 4.17. The lowest BCUT2D eigenvalue weighted by atomic mass is 9.83. The zero-order valence-corrected chi connectivity index (χ0v) is 11.4. The molecule has 2 atom stereocenters. The SMILES string of the molecule is CCC(NC(=O)C1COCCN1)C1CCCCC1. The van der Waals surface area contributed by atoms with Gasteiger partial charge in [-0.05, 0) is 25.2 Å². The molecule has 4 nitrogen and oxygen atoms in total. The predicted octanol–water partition coefficient (Wildman–Crippen LogP) is 1.45. The fourth-order valence-corrected chi connectivity index (χ4v) is 3.11. The Balaban J connectivity index is 1.82. The Morgan fingerprint density at radius 1 is 1.39 bits per heavy atom. The standard InChI is InChI=1S/C14H26N2O2/c1-2-12(11-6-4-3-5-7-11)16-14(17)13-10-18-9-8-15-13/h11-13,15H,2-10H2,1H3,(H,16,17). The Kier molecular flexibility index (Phi) is 5.45. The van der Waals surface area contributed by atoms with Gasteiger partial charge in [0.15, 0.2) is 0 Å². The average molecular weight is 254 g/mol. The molecule has 104 valence electrons. The molecule has 1 aliphatic carbocycles. The number of ether oxygens (including phenoxy) is 1. The number of carbonyl (C=O) groups excluding carboxylic acids is 1. The van der Waals surface area contributed by atoms with Gasteiger partial charge in [0, 0.05) is 12.6 Å². The van der Waals surface area contributed by atoms with E-state index in [-0.39, 0.29) is 11.9 Å². The van der Waals surface area contributed by atoms with E-state index in [1.54, 1.807) is 0 Å². The predicted molar refractivity (Wildman–Crippen MR) is 71.4 cm³/mol. The summed E-state index contributed by atoms with van der Waals surface area (Å²) in [5, 5.41) is 6.44. The van der Waals surface area contributed by atoms with E-state index in [1.807, 2.05) is 0 Å². The minimum Gasteiger partial charge on any atom is -0.378 e. The summed E-state index contributed by atoms with van der Waals surface area (Å²) in [5.74, 6) is 0.796. The third kappa shape index (κ3) is 3.69. The van der Waals surface area contributed by atoms with Gasteiger partial charge < -0.3 is 15.4 Å². The lowest BCUT2D eigenvalue weighted by Crippen LogP contribution is -2.54. The maximum Gasteiger partial charge on any atom is 0.239 e. The summed E-state index contributed by atoms with van der Waals surface area (Å²) >= 11 is 0. The van der Waals surface area contributed by atoms with Crippen LogP contribution in [0.2, 0.25) is 0 Å². The molecule has 2 aliphatic rings. The van der Waals surface area contributed by atoms with Gasteiger partial charge in [0.05, 0.1) is 13.2 Å². The molecule has 0 aromatic heterocycles. The summed E-state index contributed by atoms with van der Waals surface area (Å²) in [7, 11) is 0. The lowest BCUT2D eigenvalue weighted by Gasteiger charge is -2.32.